The second kappa shape index (κ2) is 10.3. The number of carbonyl (C=O) groups is 1. The van der Waals surface area contributed by atoms with Gasteiger partial charge < -0.3 is 9.84 Å². The average Bonchev–Trinajstić information content (AvgIpc) is 3.23. The molecule has 0 aliphatic carbocycles. The summed E-state index contributed by atoms with van der Waals surface area (Å²) in [4.78, 5) is 13.3. The maximum absolute atomic E-state index is 13.3. The molecule has 0 amide bonds. The van der Waals surface area contributed by atoms with Crippen LogP contribution in [0.3, 0.4) is 0 Å². The highest BCUT2D eigenvalue weighted by molar-refractivity contribution is 5.80. The van der Waals surface area contributed by atoms with Gasteiger partial charge in [0.1, 0.15) is 6.61 Å². The third kappa shape index (κ3) is 4.65. The van der Waals surface area contributed by atoms with Crippen molar-refractivity contribution in [1.82, 2.24) is 5.53 Å². The van der Waals surface area contributed by atoms with Gasteiger partial charge in [0.15, 0.2) is 0 Å². The highest BCUT2D eigenvalue weighted by Gasteiger charge is 2.38. The Labute approximate surface area is 201 Å². The fourth-order valence-electron chi connectivity index (χ4n) is 4.55. The third-order valence-electron chi connectivity index (χ3n) is 6.53. The second-order valence-corrected chi connectivity index (χ2v) is 8.83. The van der Waals surface area contributed by atoms with Crippen molar-refractivity contribution >= 4 is 17.3 Å². The average molecular weight is 460 g/mol. The largest absolute Gasteiger partial charge is 0.461 e. The summed E-state index contributed by atoms with van der Waals surface area (Å²) in [6, 6.07) is 21.6. The second-order valence-electron chi connectivity index (χ2n) is 8.83. The normalized spacial score (nSPS) is 14.6. The Morgan fingerprint density at radius 1 is 1.03 bits per heavy atom. The fourth-order valence-corrected chi connectivity index (χ4v) is 4.55. The van der Waals surface area contributed by atoms with E-state index in [4.69, 9.17) is 4.74 Å². The molecule has 0 fully saturated rings. The van der Waals surface area contributed by atoms with E-state index >= 15 is 0 Å². The zero-order chi connectivity index (χ0) is 24.2. The van der Waals surface area contributed by atoms with Crippen molar-refractivity contribution in [1.29, 1.82) is 0 Å². The van der Waals surface area contributed by atoms with Crippen LogP contribution in [-0.2, 0) is 22.7 Å². The summed E-state index contributed by atoms with van der Waals surface area (Å²) in [5.74, 6) is -0.749. The summed E-state index contributed by atoms with van der Waals surface area (Å²) in [5, 5.41) is 14.1. The molecule has 3 aromatic carbocycles. The SMILES string of the molecule is CCN1NN(C(c2ccc(C)c(CO)c2)C(C)C(=O)OCc2ccccc2)c2c(C)cccc21. The monoisotopic (exact) mass is 459 g/mol. The number of esters is 1. The molecule has 2 atom stereocenters. The molecule has 1 aliphatic rings. The lowest BCUT2D eigenvalue weighted by molar-refractivity contribution is -0.150. The van der Waals surface area contributed by atoms with Gasteiger partial charge in [-0.15, -0.1) is 5.53 Å². The Morgan fingerprint density at radius 2 is 1.79 bits per heavy atom. The van der Waals surface area contributed by atoms with Crippen LogP contribution in [0.1, 0.15) is 47.7 Å². The topological polar surface area (TPSA) is 65.0 Å². The summed E-state index contributed by atoms with van der Waals surface area (Å²) in [6.07, 6.45) is 0. The van der Waals surface area contributed by atoms with Gasteiger partial charge in [0.05, 0.1) is 29.9 Å². The van der Waals surface area contributed by atoms with Gasteiger partial charge >= 0.3 is 5.97 Å². The molecule has 0 saturated carbocycles. The number of aliphatic hydroxyl groups excluding tert-OH is 1. The number of aliphatic hydroxyl groups is 1. The van der Waals surface area contributed by atoms with Crippen LogP contribution in [0.4, 0.5) is 11.4 Å². The first-order valence-corrected chi connectivity index (χ1v) is 11.8. The molecule has 3 aromatic rings. The van der Waals surface area contributed by atoms with Crippen LogP contribution in [0.5, 0.6) is 0 Å². The number of aryl methyl sites for hydroxylation is 2. The maximum Gasteiger partial charge on any atom is 0.311 e. The number of benzene rings is 3. The Balaban J connectivity index is 1.72. The Bertz CT molecular complexity index is 1150. The number of para-hydroxylation sites is 1. The summed E-state index contributed by atoms with van der Waals surface area (Å²) in [6.45, 7) is 9.00. The number of fused-ring (bicyclic) bond motifs is 1. The quantitative estimate of drug-likeness (QED) is 0.463. The molecule has 2 unspecified atom stereocenters. The zero-order valence-corrected chi connectivity index (χ0v) is 20.3. The minimum absolute atomic E-state index is 0.0522. The van der Waals surface area contributed by atoms with Crippen LogP contribution in [0.15, 0.2) is 66.7 Å². The molecule has 0 saturated heterocycles. The number of carbonyl (C=O) groups excluding carboxylic acids is 1. The Morgan fingerprint density at radius 3 is 2.50 bits per heavy atom. The lowest BCUT2D eigenvalue weighted by Crippen LogP contribution is -2.49. The number of nitrogens with one attached hydrogen (secondary N) is 1. The number of ether oxygens (including phenoxy) is 1. The molecule has 1 heterocycles. The maximum atomic E-state index is 13.3. The lowest BCUT2D eigenvalue weighted by Gasteiger charge is -2.35. The van der Waals surface area contributed by atoms with E-state index in [1.807, 2.05) is 68.4 Å². The Hall–Kier alpha value is -3.35. The summed E-state index contributed by atoms with van der Waals surface area (Å²) in [7, 11) is 0. The Kier molecular flexibility index (Phi) is 7.20. The first kappa shape index (κ1) is 23.8. The molecule has 0 spiro atoms. The third-order valence-corrected chi connectivity index (χ3v) is 6.53. The van der Waals surface area contributed by atoms with Crippen molar-refractivity contribution in [2.75, 3.05) is 16.6 Å². The van der Waals surface area contributed by atoms with Crippen LogP contribution in [0, 0.1) is 19.8 Å². The minimum atomic E-state index is -0.477. The van der Waals surface area contributed by atoms with E-state index in [-0.39, 0.29) is 25.2 Å². The predicted molar refractivity (Wildman–Crippen MR) is 135 cm³/mol. The van der Waals surface area contributed by atoms with Crippen LogP contribution in [-0.4, -0.2) is 17.6 Å². The van der Waals surface area contributed by atoms with Crippen LogP contribution in [0.2, 0.25) is 0 Å². The molecule has 2 N–H and O–H groups in total. The summed E-state index contributed by atoms with van der Waals surface area (Å²) in [5.41, 5.74) is 10.5. The van der Waals surface area contributed by atoms with Crippen molar-refractivity contribution in [3.05, 3.63) is 94.5 Å². The standard InChI is InChI=1S/C28H33N3O3/c1-5-30-25-13-9-10-20(3)26(25)31(29-30)27(23-15-14-19(2)24(16-23)17-32)21(4)28(33)34-18-22-11-7-6-8-12-22/h6-16,21,27,29,32H,5,17-18H2,1-4H3. The number of hydrogen-bond donors (Lipinski definition) is 2. The van der Waals surface area contributed by atoms with E-state index in [0.717, 1.165) is 45.7 Å². The van der Waals surface area contributed by atoms with Gasteiger partial charge in [-0.05, 0) is 61.6 Å². The number of hydrazine groups is 2. The molecular weight excluding hydrogens is 426 g/mol. The van der Waals surface area contributed by atoms with E-state index in [1.165, 1.54) is 0 Å². The fraction of sp³-hybridized carbons (Fsp3) is 0.321. The summed E-state index contributed by atoms with van der Waals surface area (Å²) >= 11 is 0. The van der Waals surface area contributed by atoms with Gasteiger partial charge in [-0.2, -0.15) is 0 Å². The predicted octanol–water partition coefficient (Wildman–Crippen LogP) is 4.98. The molecule has 6 heteroatoms. The molecule has 1 aliphatic heterocycles. The zero-order valence-electron chi connectivity index (χ0n) is 20.3. The van der Waals surface area contributed by atoms with E-state index in [2.05, 4.69) is 41.5 Å². The van der Waals surface area contributed by atoms with Crippen molar-refractivity contribution in [2.45, 2.75) is 47.0 Å². The van der Waals surface area contributed by atoms with E-state index in [0.29, 0.717) is 0 Å². The number of hydrogen-bond acceptors (Lipinski definition) is 6. The van der Waals surface area contributed by atoms with Gasteiger partial charge in [-0.25, -0.2) is 0 Å². The molecule has 6 nitrogen and oxygen atoms in total. The number of rotatable bonds is 8. The molecular formula is C28H33N3O3. The van der Waals surface area contributed by atoms with Gasteiger partial charge in [0.2, 0.25) is 0 Å². The lowest BCUT2D eigenvalue weighted by atomic mass is 9.91. The molecule has 4 rings (SSSR count). The smallest absolute Gasteiger partial charge is 0.311 e. The first-order valence-electron chi connectivity index (χ1n) is 11.8. The number of nitrogens with zero attached hydrogens (tertiary/aromatic N) is 2. The molecule has 178 valence electrons. The molecule has 0 radical (unpaired) electrons. The summed E-state index contributed by atoms with van der Waals surface area (Å²) < 4.78 is 5.75. The van der Waals surface area contributed by atoms with Crippen LogP contribution >= 0.6 is 0 Å². The van der Waals surface area contributed by atoms with E-state index < -0.39 is 5.92 Å². The van der Waals surface area contributed by atoms with E-state index in [9.17, 15) is 9.90 Å². The minimum Gasteiger partial charge on any atom is -0.461 e. The molecule has 0 aromatic heterocycles. The van der Waals surface area contributed by atoms with Crippen molar-refractivity contribution in [3.8, 4) is 0 Å². The van der Waals surface area contributed by atoms with Gasteiger partial charge in [-0.3, -0.25) is 14.8 Å². The van der Waals surface area contributed by atoms with Gasteiger partial charge in [0, 0.05) is 6.54 Å². The van der Waals surface area contributed by atoms with Gasteiger partial charge in [0.25, 0.3) is 0 Å². The number of anilines is 2. The van der Waals surface area contributed by atoms with E-state index in [1.54, 1.807) is 0 Å². The molecule has 0 bridgehead atoms. The van der Waals surface area contributed by atoms with Crippen molar-refractivity contribution in [2.24, 2.45) is 5.92 Å². The first-order chi connectivity index (χ1) is 16.4. The van der Waals surface area contributed by atoms with Crippen molar-refractivity contribution < 1.29 is 14.6 Å². The van der Waals surface area contributed by atoms with Gasteiger partial charge in [-0.1, -0.05) is 60.7 Å². The van der Waals surface area contributed by atoms with Crippen molar-refractivity contribution in [3.63, 3.8) is 0 Å². The highest BCUT2D eigenvalue weighted by Crippen LogP contribution is 2.43. The van der Waals surface area contributed by atoms with Crippen LogP contribution in [0.25, 0.3) is 0 Å². The highest BCUT2D eigenvalue weighted by atomic mass is 16.5. The molecule has 34 heavy (non-hydrogen) atoms. The van der Waals surface area contributed by atoms with Crippen LogP contribution < -0.4 is 15.6 Å².